The Morgan fingerprint density at radius 3 is 2.15 bits per heavy atom. The lowest BCUT2D eigenvalue weighted by atomic mass is 10.2. The van der Waals surface area contributed by atoms with Gasteiger partial charge in [0.2, 0.25) is 10.0 Å². The number of rotatable bonds is 11. The van der Waals surface area contributed by atoms with Crippen LogP contribution in [0.15, 0.2) is 102 Å². The average molecular weight is 593 g/mol. The van der Waals surface area contributed by atoms with Crippen molar-refractivity contribution in [1.82, 2.24) is 5.43 Å². The van der Waals surface area contributed by atoms with Gasteiger partial charge in [0.05, 0.1) is 29.6 Å². The van der Waals surface area contributed by atoms with Crippen molar-refractivity contribution in [3.63, 3.8) is 0 Å². The molecule has 1 amide bonds. The van der Waals surface area contributed by atoms with Crippen molar-refractivity contribution in [2.75, 3.05) is 10.6 Å². The number of ether oxygens (including phenoxy) is 1. The molecule has 4 rings (SSSR count). The van der Waals surface area contributed by atoms with Crippen LogP contribution in [0.4, 0.5) is 11.4 Å². The molecule has 4 aromatic carbocycles. The fraction of sp³-hybridized carbons (Fsp3) is 0.103. The number of halogens is 1. The fourth-order valence-corrected chi connectivity index (χ4v) is 4.71. The van der Waals surface area contributed by atoms with Gasteiger partial charge in [-0.2, -0.15) is 5.10 Å². The topological polar surface area (TPSA) is 131 Å². The number of nitrogens with zero attached hydrogens (tertiary/aromatic N) is 3. The van der Waals surface area contributed by atoms with E-state index in [-0.39, 0.29) is 18.8 Å². The van der Waals surface area contributed by atoms with Crippen LogP contribution >= 0.6 is 11.6 Å². The van der Waals surface area contributed by atoms with E-state index in [9.17, 15) is 23.3 Å². The number of hydrogen-bond acceptors (Lipinski definition) is 7. The Kier molecular flexibility index (Phi) is 9.33. The Hall–Kier alpha value is -4.74. The van der Waals surface area contributed by atoms with E-state index in [0.29, 0.717) is 27.6 Å². The lowest BCUT2D eigenvalue weighted by molar-refractivity contribution is -0.384. The highest BCUT2D eigenvalue weighted by molar-refractivity contribution is 7.92. The first-order valence-electron chi connectivity index (χ1n) is 12.2. The predicted molar refractivity (Wildman–Crippen MR) is 158 cm³/mol. The molecule has 41 heavy (non-hydrogen) atoms. The smallest absolute Gasteiger partial charge is 0.271 e. The van der Waals surface area contributed by atoms with Gasteiger partial charge >= 0.3 is 0 Å². The van der Waals surface area contributed by atoms with Crippen LogP contribution in [0, 0.1) is 10.1 Å². The summed E-state index contributed by atoms with van der Waals surface area (Å²) in [7, 11) is -3.58. The maximum Gasteiger partial charge on any atom is 0.271 e. The molecule has 10 nitrogen and oxygen atoms in total. The standard InChI is InChI=1S/C29H25ClN4O6S/c1-41(38,39)33(19-22-2-10-25(30)11-3-22)26-14-8-24(9-15-26)29(35)32-31-18-21-6-16-28(17-7-21)40-20-23-4-12-27(13-5-23)34(36)37/h2-18H,19-20H2,1H3,(H,32,35)/b31-18-. The van der Waals surface area contributed by atoms with Crippen LogP contribution in [-0.2, 0) is 23.2 Å². The molecule has 0 aromatic heterocycles. The number of nitro groups is 1. The molecule has 1 N–H and O–H groups in total. The number of non-ortho nitro benzene ring substituents is 1. The maximum atomic E-state index is 12.5. The highest BCUT2D eigenvalue weighted by Gasteiger charge is 2.18. The van der Waals surface area contributed by atoms with Gasteiger partial charge in [-0.15, -0.1) is 0 Å². The van der Waals surface area contributed by atoms with Crippen LogP contribution in [0.2, 0.25) is 5.02 Å². The molecule has 0 saturated heterocycles. The fourth-order valence-electron chi connectivity index (χ4n) is 3.70. The first kappa shape index (κ1) is 29.2. The summed E-state index contributed by atoms with van der Waals surface area (Å²) in [6.45, 7) is 0.371. The average Bonchev–Trinajstić information content (AvgIpc) is 2.96. The largest absolute Gasteiger partial charge is 0.489 e. The highest BCUT2D eigenvalue weighted by atomic mass is 35.5. The summed E-state index contributed by atoms with van der Waals surface area (Å²) in [4.78, 5) is 22.8. The molecule has 0 saturated carbocycles. The summed E-state index contributed by atoms with van der Waals surface area (Å²) >= 11 is 5.92. The zero-order valence-corrected chi connectivity index (χ0v) is 23.4. The van der Waals surface area contributed by atoms with Crippen molar-refractivity contribution >= 4 is 45.1 Å². The van der Waals surface area contributed by atoms with Gasteiger partial charge in [0.15, 0.2) is 0 Å². The quantitative estimate of drug-likeness (QED) is 0.138. The van der Waals surface area contributed by atoms with Crippen LogP contribution in [0.25, 0.3) is 0 Å². The van der Waals surface area contributed by atoms with E-state index in [1.807, 2.05) is 0 Å². The lowest BCUT2D eigenvalue weighted by Crippen LogP contribution is -2.29. The third-order valence-electron chi connectivity index (χ3n) is 5.87. The number of carbonyl (C=O) groups excluding carboxylic acids is 1. The van der Waals surface area contributed by atoms with E-state index in [1.165, 1.54) is 34.8 Å². The summed E-state index contributed by atoms with van der Waals surface area (Å²) in [6.07, 6.45) is 2.60. The van der Waals surface area contributed by atoms with E-state index in [1.54, 1.807) is 72.8 Å². The predicted octanol–water partition coefficient (Wildman–Crippen LogP) is 5.56. The van der Waals surface area contributed by atoms with Crippen molar-refractivity contribution in [2.45, 2.75) is 13.2 Å². The minimum absolute atomic E-state index is 0.0188. The molecule has 0 aliphatic heterocycles. The Balaban J connectivity index is 1.31. The molecule has 0 fully saturated rings. The summed E-state index contributed by atoms with van der Waals surface area (Å²) in [6, 6.07) is 26.2. The molecule has 0 spiro atoms. The van der Waals surface area contributed by atoms with Crippen molar-refractivity contribution in [3.8, 4) is 5.75 Å². The van der Waals surface area contributed by atoms with Gasteiger partial charge in [0, 0.05) is 22.7 Å². The number of sulfonamides is 1. The Bertz CT molecular complexity index is 1640. The number of anilines is 1. The van der Waals surface area contributed by atoms with Crippen molar-refractivity contribution in [3.05, 3.63) is 134 Å². The Labute approximate surface area is 242 Å². The third kappa shape index (κ3) is 8.37. The highest BCUT2D eigenvalue weighted by Crippen LogP contribution is 2.22. The Morgan fingerprint density at radius 2 is 1.56 bits per heavy atom. The molecule has 0 aliphatic carbocycles. The number of carbonyl (C=O) groups is 1. The number of nitrogens with one attached hydrogen (secondary N) is 1. The number of nitro benzene ring substituents is 1. The van der Waals surface area contributed by atoms with Crippen molar-refractivity contribution < 1.29 is 22.9 Å². The van der Waals surface area contributed by atoms with Gasteiger partial charge in [0.25, 0.3) is 11.6 Å². The number of amides is 1. The SMILES string of the molecule is CS(=O)(=O)N(Cc1ccc(Cl)cc1)c1ccc(C(=O)N/N=C\c2ccc(OCc3ccc([N+](=O)[O-])cc3)cc2)cc1. The normalized spacial score (nSPS) is 11.3. The molecular weight excluding hydrogens is 568 g/mol. The molecule has 210 valence electrons. The number of hydrazone groups is 1. The summed E-state index contributed by atoms with van der Waals surface area (Å²) in [5.74, 6) is 0.142. The maximum absolute atomic E-state index is 12.5. The number of benzene rings is 4. The van der Waals surface area contributed by atoms with E-state index in [2.05, 4.69) is 10.5 Å². The molecule has 0 bridgehead atoms. The molecule has 0 unspecified atom stereocenters. The molecule has 12 heteroatoms. The lowest BCUT2D eigenvalue weighted by Gasteiger charge is -2.22. The molecule has 0 atom stereocenters. The second kappa shape index (κ2) is 13.1. The van der Waals surface area contributed by atoms with E-state index in [0.717, 1.165) is 17.4 Å². The molecular formula is C29H25ClN4O6S. The van der Waals surface area contributed by atoms with Crippen molar-refractivity contribution in [1.29, 1.82) is 0 Å². The molecule has 4 aromatic rings. The van der Waals surface area contributed by atoms with Crippen LogP contribution < -0.4 is 14.5 Å². The molecule has 0 heterocycles. The van der Waals surface area contributed by atoms with E-state index in [4.69, 9.17) is 16.3 Å². The van der Waals surface area contributed by atoms with Crippen molar-refractivity contribution in [2.24, 2.45) is 5.10 Å². The van der Waals surface area contributed by atoms with Gasteiger partial charge in [-0.05, 0) is 89.5 Å². The second-order valence-electron chi connectivity index (χ2n) is 8.92. The Morgan fingerprint density at radius 1 is 0.951 bits per heavy atom. The molecule has 0 radical (unpaired) electrons. The third-order valence-corrected chi connectivity index (χ3v) is 7.26. The number of hydrogen-bond donors (Lipinski definition) is 1. The van der Waals surface area contributed by atoms with Crippen LogP contribution in [-0.4, -0.2) is 31.7 Å². The summed E-state index contributed by atoms with van der Waals surface area (Å²) in [5.41, 5.74) is 5.47. The second-order valence-corrected chi connectivity index (χ2v) is 11.3. The summed E-state index contributed by atoms with van der Waals surface area (Å²) in [5, 5.41) is 15.3. The zero-order chi connectivity index (χ0) is 29.4. The minimum Gasteiger partial charge on any atom is -0.489 e. The van der Waals surface area contributed by atoms with Gasteiger partial charge in [-0.25, -0.2) is 13.8 Å². The first-order valence-corrected chi connectivity index (χ1v) is 14.4. The van der Waals surface area contributed by atoms with Gasteiger partial charge in [-0.3, -0.25) is 19.2 Å². The summed E-state index contributed by atoms with van der Waals surface area (Å²) < 4.78 is 31.8. The van der Waals surface area contributed by atoms with Crippen LogP contribution in [0.5, 0.6) is 5.75 Å². The van der Waals surface area contributed by atoms with Crippen LogP contribution in [0.1, 0.15) is 27.0 Å². The van der Waals surface area contributed by atoms with E-state index < -0.39 is 20.9 Å². The van der Waals surface area contributed by atoms with Gasteiger partial charge in [-0.1, -0.05) is 23.7 Å². The first-order chi connectivity index (χ1) is 19.6. The van der Waals surface area contributed by atoms with Gasteiger partial charge in [0.1, 0.15) is 12.4 Å². The van der Waals surface area contributed by atoms with E-state index >= 15 is 0 Å². The zero-order valence-electron chi connectivity index (χ0n) is 21.8. The monoisotopic (exact) mass is 592 g/mol. The molecule has 0 aliphatic rings. The van der Waals surface area contributed by atoms with Crippen LogP contribution in [0.3, 0.4) is 0 Å². The minimum atomic E-state index is -3.58. The van der Waals surface area contributed by atoms with Gasteiger partial charge < -0.3 is 4.74 Å².